The molecule has 21 heavy (non-hydrogen) atoms. The SMILES string of the molecule is CCn1nc(C)c2nc(N)n(CC3(N(C)C)CCCC3)c21. The number of fused-ring (bicyclic) bond motifs is 1. The lowest BCUT2D eigenvalue weighted by Gasteiger charge is -2.37. The van der Waals surface area contributed by atoms with E-state index in [1.807, 2.05) is 11.6 Å². The molecule has 0 aliphatic heterocycles. The molecule has 1 saturated carbocycles. The molecule has 0 atom stereocenters. The minimum Gasteiger partial charge on any atom is -0.369 e. The van der Waals surface area contributed by atoms with Gasteiger partial charge in [-0.2, -0.15) is 5.10 Å². The van der Waals surface area contributed by atoms with Crippen molar-refractivity contribution in [1.29, 1.82) is 0 Å². The van der Waals surface area contributed by atoms with E-state index < -0.39 is 0 Å². The second kappa shape index (κ2) is 5.02. The number of hydrogen-bond acceptors (Lipinski definition) is 4. The standard InChI is InChI=1S/C15H26N6/c1-5-21-13-12(11(2)18-21)17-14(16)20(13)10-15(19(3)4)8-6-7-9-15/h5-10H2,1-4H3,(H2,16,17). The molecule has 0 radical (unpaired) electrons. The van der Waals surface area contributed by atoms with Gasteiger partial charge in [0, 0.05) is 18.6 Å². The summed E-state index contributed by atoms with van der Waals surface area (Å²) in [5, 5.41) is 4.58. The van der Waals surface area contributed by atoms with Crippen LogP contribution in [0.3, 0.4) is 0 Å². The number of anilines is 1. The van der Waals surface area contributed by atoms with Crippen molar-refractivity contribution < 1.29 is 0 Å². The molecule has 2 aromatic heterocycles. The highest BCUT2D eigenvalue weighted by atomic mass is 15.4. The molecular weight excluding hydrogens is 264 g/mol. The van der Waals surface area contributed by atoms with Crippen molar-refractivity contribution in [3.8, 4) is 0 Å². The number of hydrogen-bond donors (Lipinski definition) is 1. The van der Waals surface area contributed by atoms with E-state index in [1.54, 1.807) is 0 Å². The van der Waals surface area contributed by atoms with Crippen molar-refractivity contribution >= 4 is 17.1 Å². The van der Waals surface area contributed by atoms with Gasteiger partial charge >= 0.3 is 0 Å². The first-order valence-corrected chi connectivity index (χ1v) is 7.85. The fourth-order valence-corrected chi connectivity index (χ4v) is 3.69. The number of nitrogens with zero attached hydrogens (tertiary/aromatic N) is 5. The quantitative estimate of drug-likeness (QED) is 0.935. The summed E-state index contributed by atoms with van der Waals surface area (Å²) >= 11 is 0. The first-order chi connectivity index (χ1) is 9.98. The molecule has 0 spiro atoms. The van der Waals surface area contributed by atoms with Gasteiger partial charge in [-0.15, -0.1) is 0 Å². The van der Waals surface area contributed by atoms with Gasteiger partial charge in [0.1, 0.15) is 5.52 Å². The molecular formula is C15H26N6. The van der Waals surface area contributed by atoms with Gasteiger partial charge in [-0.3, -0.25) is 4.57 Å². The van der Waals surface area contributed by atoms with Crippen LogP contribution in [0.25, 0.3) is 11.2 Å². The van der Waals surface area contributed by atoms with Gasteiger partial charge in [0.05, 0.1) is 5.69 Å². The van der Waals surface area contributed by atoms with Crippen LogP contribution in [0.2, 0.25) is 0 Å². The van der Waals surface area contributed by atoms with Gasteiger partial charge in [-0.05, 0) is 40.8 Å². The molecule has 0 amide bonds. The fourth-order valence-electron chi connectivity index (χ4n) is 3.69. The van der Waals surface area contributed by atoms with E-state index in [0.717, 1.165) is 29.9 Å². The van der Waals surface area contributed by atoms with Crippen LogP contribution in [0.4, 0.5) is 5.95 Å². The molecule has 0 bridgehead atoms. The van der Waals surface area contributed by atoms with Gasteiger partial charge in [-0.1, -0.05) is 12.8 Å². The van der Waals surface area contributed by atoms with Crippen LogP contribution in [0.5, 0.6) is 0 Å². The van der Waals surface area contributed by atoms with Crippen LogP contribution in [0.15, 0.2) is 0 Å². The molecule has 2 N–H and O–H groups in total. The Hall–Kier alpha value is -1.56. The molecule has 1 aliphatic rings. The average molecular weight is 290 g/mol. The summed E-state index contributed by atoms with van der Waals surface area (Å²) in [6, 6.07) is 0. The first kappa shape index (κ1) is 14.4. The Morgan fingerprint density at radius 1 is 1.29 bits per heavy atom. The molecule has 6 heteroatoms. The lowest BCUT2D eigenvalue weighted by molar-refractivity contribution is 0.135. The van der Waals surface area contributed by atoms with Gasteiger partial charge < -0.3 is 10.6 Å². The van der Waals surface area contributed by atoms with E-state index in [9.17, 15) is 0 Å². The van der Waals surface area contributed by atoms with E-state index >= 15 is 0 Å². The second-order valence-corrected chi connectivity index (χ2v) is 6.46. The number of aromatic nitrogens is 4. The summed E-state index contributed by atoms with van der Waals surface area (Å²) in [6.45, 7) is 5.84. The van der Waals surface area contributed by atoms with E-state index in [0.29, 0.717) is 5.95 Å². The molecule has 6 nitrogen and oxygen atoms in total. The third-order valence-corrected chi connectivity index (χ3v) is 5.06. The Morgan fingerprint density at radius 2 is 1.95 bits per heavy atom. The molecule has 0 unspecified atom stereocenters. The topological polar surface area (TPSA) is 64.9 Å². The van der Waals surface area contributed by atoms with E-state index in [1.165, 1.54) is 25.7 Å². The van der Waals surface area contributed by atoms with Crippen LogP contribution >= 0.6 is 0 Å². The van der Waals surface area contributed by atoms with Crippen molar-refractivity contribution in [3.05, 3.63) is 5.69 Å². The van der Waals surface area contributed by atoms with Crippen molar-refractivity contribution in [1.82, 2.24) is 24.2 Å². The van der Waals surface area contributed by atoms with Gasteiger partial charge in [0.2, 0.25) is 5.95 Å². The number of aryl methyl sites for hydroxylation is 2. The molecule has 2 aromatic rings. The predicted molar refractivity (Wildman–Crippen MR) is 85.2 cm³/mol. The molecule has 3 rings (SSSR count). The summed E-state index contributed by atoms with van der Waals surface area (Å²) in [5.74, 6) is 0.612. The minimum absolute atomic E-state index is 0.193. The summed E-state index contributed by atoms with van der Waals surface area (Å²) in [7, 11) is 4.36. The largest absolute Gasteiger partial charge is 0.369 e. The number of likely N-dealkylation sites (N-methyl/N-ethyl adjacent to an activating group) is 1. The molecule has 2 heterocycles. The highest BCUT2D eigenvalue weighted by molar-refractivity contribution is 5.77. The number of nitrogens with two attached hydrogens (primary N) is 1. The number of nitrogen functional groups attached to an aromatic ring is 1. The lowest BCUT2D eigenvalue weighted by Crippen LogP contribution is -2.45. The summed E-state index contributed by atoms with van der Waals surface area (Å²) in [6.07, 6.45) is 5.03. The number of imidazole rings is 1. The minimum atomic E-state index is 0.193. The second-order valence-electron chi connectivity index (χ2n) is 6.46. The van der Waals surface area contributed by atoms with E-state index in [-0.39, 0.29) is 5.54 Å². The Bertz CT molecular complexity index is 645. The maximum Gasteiger partial charge on any atom is 0.202 e. The zero-order valence-electron chi connectivity index (χ0n) is 13.6. The molecule has 0 aromatic carbocycles. The Kier molecular flexibility index (Phi) is 3.43. The monoisotopic (exact) mass is 290 g/mol. The third-order valence-electron chi connectivity index (χ3n) is 5.06. The van der Waals surface area contributed by atoms with Gasteiger partial charge in [0.15, 0.2) is 5.65 Å². The summed E-state index contributed by atoms with van der Waals surface area (Å²) in [4.78, 5) is 6.92. The van der Waals surface area contributed by atoms with Crippen molar-refractivity contribution in [2.75, 3.05) is 19.8 Å². The maximum atomic E-state index is 6.22. The highest BCUT2D eigenvalue weighted by Crippen LogP contribution is 2.37. The summed E-state index contributed by atoms with van der Waals surface area (Å²) < 4.78 is 4.19. The summed E-state index contributed by atoms with van der Waals surface area (Å²) in [5.41, 5.74) is 9.39. The van der Waals surface area contributed by atoms with E-state index in [2.05, 4.69) is 40.6 Å². The predicted octanol–water partition coefficient (Wildman–Crippen LogP) is 2.02. The lowest BCUT2D eigenvalue weighted by atomic mass is 9.96. The Balaban J connectivity index is 2.09. The average Bonchev–Trinajstić information content (AvgIpc) is 3.10. The van der Waals surface area contributed by atoms with Crippen molar-refractivity contribution in [2.45, 2.75) is 58.2 Å². The molecule has 1 fully saturated rings. The van der Waals surface area contributed by atoms with Crippen LogP contribution in [-0.2, 0) is 13.1 Å². The Labute approximate surface area is 125 Å². The van der Waals surface area contributed by atoms with Gasteiger partial charge in [-0.25, -0.2) is 9.67 Å². The van der Waals surface area contributed by atoms with Crippen LogP contribution in [-0.4, -0.2) is 43.9 Å². The fraction of sp³-hybridized carbons (Fsp3) is 0.733. The molecule has 1 aliphatic carbocycles. The van der Waals surface area contributed by atoms with Crippen LogP contribution < -0.4 is 5.73 Å². The molecule has 0 saturated heterocycles. The van der Waals surface area contributed by atoms with Crippen molar-refractivity contribution in [3.63, 3.8) is 0 Å². The maximum absolute atomic E-state index is 6.22. The van der Waals surface area contributed by atoms with Crippen LogP contribution in [0, 0.1) is 6.92 Å². The number of rotatable bonds is 4. The normalized spacial score (nSPS) is 18.1. The van der Waals surface area contributed by atoms with Gasteiger partial charge in [0.25, 0.3) is 0 Å². The zero-order chi connectivity index (χ0) is 15.2. The molecule has 116 valence electrons. The van der Waals surface area contributed by atoms with E-state index in [4.69, 9.17) is 5.73 Å². The smallest absolute Gasteiger partial charge is 0.202 e. The third kappa shape index (κ3) is 2.12. The highest BCUT2D eigenvalue weighted by Gasteiger charge is 2.37. The zero-order valence-corrected chi connectivity index (χ0v) is 13.6. The Morgan fingerprint density at radius 3 is 2.52 bits per heavy atom. The first-order valence-electron chi connectivity index (χ1n) is 7.85. The van der Waals surface area contributed by atoms with Crippen molar-refractivity contribution in [2.24, 2.45) is 0 Å². The van der Waals surface area contributed by atoms with Crippen LogP contribution in [0.1, 0.15) is 38.3 Å².